The summed E-state index contributed by atoms with van der Waals surface area (Å²) >= 11 is 7.73. The molecule has 7 heteroatoms. The van der Waals surface area contributed by atoms with Crippen molar-refractivity contribution in [3.05, 3.63) is 33.6 Å². The SMILES string of the molecule is O=c1c2ccc(Cl)cc2nc(SC[C@H]2CCOCO2)n1C1CCCCC1. The van der Waals surface area contributed by atoms with Crippen molar-refractivity contribution in [2.45, 2.75) is 55.8 Å². The molecular formula is C19H23ClN2O3S. The van der Waals surface area contributed by atoms with Gasteiger partial charge in [0.1, 0.15) is 6.79 Å². The number of ether oxygens (including phenoxy) is 2. The molecule has 1 aromatic heterocycles. The van der Waals surface area contributed by atoms with Crippen molar-refractivity contribution in [1.29, 1.82) is 0 Å². The normalized spacial score (nSPS) is 22.0. The summed E-state index contributed by atoms with van der Waals surface area (Å²) in [4.78, 5) is 18.0. The third-order valence-corrected chi connectivity index (χ3v) is 6.46. The maximum Gasteiger partial charge on any atom is 0.262 e. The fourth-order valence-corrected chi connectivity index (χ4v) is 5.01. The van der Waals surface area contributed by atoms with Gasteiger partial charge < -0.3 is 9.47 Å². The van der Waals surface area contributed by atoms with Crippen molar-refractivity contribution < 1.29 is 9.47 Å². The maximum absolute atomic E-state index is 13.2. The number of aromatic nitrogens is 2. The zero-order chi connectivity index (χ0) is 17.9. The molecule has 2 heterocycles. The van der Waals surface area contributed by atoms with Crippen LogP contribution in [0.3, 0.4) is 0 Å². The summed E-state index contributed by atoms with van der Waals surface area (Å²) in [5.41, 5.74) is 0.721. The number of benzene rings is 1. The fourth-order valence-electron chi connectivity index (χ4n) is 3.72. The summed E-state index contributed by atoms with van der Waals surface area (Å²) in [6.07, 6.45) is 6.69. The standard InChI is InChI=1S/C19H23ClN2O3S/c20-13-6-7-16-17(10-13)21-19(26-11-15-8-9-24-12-25-15)22(18(16)23)14-4-2-1-3-5-14/h6-7,10,14-15H,1-5,8-9,11-12H2/t15-/m1/s1. The second-order valence-electron chi connectivity index (χ2n) is 6.94. The Labute approximate surface area is 162 Å². The molecule has 1 saturated heterocycles. The first-order chi connectivity index (χ1) is 12.7. The van der Waals surface area contributed by atoms with Crippen molar-refractivity contribution in [2.24, 2.45) is 0 Å². The van der Waals surface area contributed by atoms with Gasteiger partial charge in [-0.3, -0.25) is 9.36 Å². The van der Waals surface area contributed by atoms with Gasteiger partial charge in [0.2, 0.25) is 0 Å². The number of rotatable bonds is 4. The molecule has 2 aliphatic rings. The first kappa shape index (κ1) is 18.3. The van der Waals surface area contributed by atoms with Crippen LogP contribution in [0, 0.1) is 0 Å². The van der Waals surface area contributed by atoms with Gasteiger partial charge in [0, 0.05) is 16.8 Å². The van der Waals surface area contributed by atoms with E-state index in [-0.39, 0.29) is 17.7 Å². The Kier molecular flexibility index (Phi) is 5.84. The van der Waals surface area contributed by atoms with Crippen molar-refractivity contribution in [2.75, 3.05) is 19.2 Å². The highest BCUT2D eigenvalue weighted by atomic mass is 35.5. The van der Waals surface area contributed by atoms with E-state index in [4.69, 9.17) is 26.1 Å². The Bertz CT molecular complexity index is 829. The summed E-state index contributed by atoms with van der Waals surface area (Å²) in [7, 11) is 0. The van der Waals surface area contributed by atoms with Gasteiger partial charge in [-0.25, -0.2) is 4.98 Å². The second kappa shape index (κ2) is 8.30. The van der Waals surface area contributed by atoms with E-state index in [9.17, 15) is 4.79 Å². The third-order valence-electron chi connectivity index (χ3n) is 5.14. The Morgan fingerprint density at radius 2 is 2.08 bits per heavy atom. The predicted molar refractivity (Wildman–Crippen MR) is 104 cm³/mol. The molecule has 0 amide bonds. The van der Waals surface area contributed by atoms with Gasteiger partial charge in [0.25, 0.3) is 5.56 Å². The largest absolute Gasteiger partial charge is 0.355 e. The van der Waals surface area contributed by atoms with Gasteiger partial charge in [0.15, 0.2) is 5.16 Å². The molecule has 0 unspecified atom stereocenters. The average molecular weight is 395 g/mol. The number of hydrogen-bond acceptors (Lipinski definition) is 5. The van der Waals surface area contributed by atoms with Crippen LogP contribution in [0.15, 0.2) is 28.2 Å². The minimum atomic E-state index is 0.0500. The van der Waals surface area contributed by atoms with Crippen LogP contribution in [0.2, 0.25) is 5.02 Å². The van der Waals surface area contributed by atoms with E-state index in [2.05, 4.69) is 0 Å². The molecule has 1 atom stereocenters. The van der Waals surface area contributed by atoms with Gasteiger partial charge in [-0.15, -0.1) is 0 Å². The molecule has 0 N–H and O–H groups in total. The topological polar surface area (TPSA) is 53.4 Å². The zero-order valence-corrected chi connectivity index (χ0v) is 16.2. The molecule has 5 nitrogen and oxygen atoms in total. The minimum Gasteiger partial charge on any atom is -0.355 e. The first-order valence-corrected chi connectivity index (χ1v) is 10.6. The average Bonchev–Trinajstić information content (AvgIpc) is 2.67. The Morgan fingerprint density at radius 3 is 2.85 bits per heavy atom. The van der Waals surface area contributed by atoms with E-state index < -0.39 is 0 Å². The van der Waals surface area contributed by atoms with Crippen molar-refractivity contribution in [3.63, 3.8) is 0 Å². The Morgan fingerprint density at radius 1 is 1.23 bits per heavy atom. The maximum atomic E-state index is 13.2. The molecule has 0 spiro atoms. The van der Waals surface area contributed by atoms with E-state index in [0.717, 1.165) is 36.8 Å². The lowest BCUT2D eigenvalue weighted by molar-refractivity contribution is -0.130. The van der Waals surface area contributed by atoms with Crippen LogP contribution in [0.1, 0.15) is 44.6 Å². The van der Waals surface area contributed by atoms with Crippen LogP contribution in [0.4, 0.5) is 0 Å². The van der Waals surface area contributed by atoms with Crippen LogP contribution >= 0.6 is 23.4 Å². The van der Waals surface area contributed by atoms with Gasteiger partial charge in [-0.05, 0) is 37.5 Å². The molecule has 1 saturated carbocycles. The van der Waals surface area contributed by atoms with E-state index in [1.807, 2.05) is 4.57 Å². The smallest absolute Gasteiger partial charge is 0.262 e. The van der Waals surface area contributed by atoms with E-state index in [1.165, 1.54) is 19.3 Å². The monoisotopic (exact) mass is 394 g/mol. The molecule has 1 aliphatic carbocycles. The number of nitrogens with zero attached hydrogens (tertiary/aromatic N) is 2. The highest BCUT2D eigenvalue weighted by molar-refractivity contribution is 7.99. The molecule has 26 heavy (non-hydrogen) atoms. The molecule has 2 aromatic rings. The minimum absolute atomic E-state index is 0.0500. The molecule has 0 bridgehead atoms. The van der Waals surface area contributed by atoms with Crippen LogP contribution < -0.4 is 5.56 Å². The summed E-state index contributed by atoms with van der Waals surface area (Å²) in [5.74, 6) is 0.772. The fraction of sp³-hybridized carbons (Fsp3) is 0.579. The predicted octanol–water partition coefficient (Wildman–Crippen LogP) is 4.41. The molecule has 0 radical (unpaired) electrons. The zero-order valence-electron chi connectivity index (χ0n) is 14.7. The highest BCUT2D eigenvalue weighted by Crippen LogP contribution is 2.32. The number of thioether (sulfide) groups is 1. The molecule has 1 aliphatic heterocycles. The van der Waals surface area contributed by atoms with E-state index >= 15 is 0 Å². The van der Waals surface area contributed by atoms with Crippen LogP contribution in [-0.2, 0) is 9.47 Å². The third kappa shape index (κ3) is 3.93. The molecular weight excluding hydrogens is 372 g/mol. The lowest BCUT2D eigenvalue weighted by Crippen LogP contribution is -2.30. The van der Waals surface area contributed by atoms with Gasteiger partial charge >= 0.3 is 0 Å². The van der Waals surface area contributed by atoms with Crippen molar-refractivity contribution in [3.8, 4) is 0 Å². The van der Waals surface area contributed by atoms with Crippen LogP contribution in [0.5, 0.6) is 0 Å². The molecule has 4 rings (SSSR count). The van der Waals surface area contributed by atoms with Gasteiger partial charge in [-0.1, -0.05) is 42.6 Å². The summed E-state index contributed by atoms with van der Waals surface area (Å²) in [6, 6.07) is 5.57. The second-order valence-corrected chi connectivity index (χ2v) is 8.36. The van der Waals surface area contributed by atoms with Crippen LogP contribution in [0.25, 0.3) is 10.9 Å². The van der Waals surface area contributed by atoms with Gasteiger partial charge in [0.05, 0.1) is 23.6 Å². The summed E-state index contributed by atoms with van der Waals surface area (Å²) in [6.45, 7) is 1.07. The van der Waals surface area contributed by atoms with Gasteiger partial charge in [-0.2, -0.15) is 0 Å². The number of hydrogen-bond donors (Lipinski definition) is 0. The molecule has 1 aromatic carbocycles. The first-order valence-electron chi connectivity index (χ1n) is 9.26. The molecule has 140 valence electrons. The summed E-state index contributed by atoms with van der Waals surface area (Å²) in [5, 5.41) is 2.03. The quantitative estimate of drug-likeness (QED) is 0.567. The molecule has 2 fully saturated rings. The highest BCUT2D eigenvalue weighted by Gasteiger charge is 2.23. The van der Waals surface area contributed by atoms with E-state index in [1.54, 1.807) is 30.0 Å². The van der Waals surface area contributed by atoms with Crippen LogP contribution in [-0.4, -0.2) is 34.8 Å². The number of fused-ring (bicyclic) bond motifs is 1. The summed E-state index contributed by atoms with van der Waals surface area (Å²) < 4.78 is 12.8. The van der Waals surface area contributed by atoms with Crippen molar-refractivity contribution >= 4 is 34.3 Å². The lowest BCUT2D eigenvalue weighted by Gasteiger charge is -2.27. The van der Waals surface area contributed by atoms with Crippen molar-refractivity contribution in [1.82, 2.24) is 9.55 Å². The number of halogens is 1. The Hall–Kier alpha value is -1.08. The van der Waals surface area contributed by atoms with E-state index in [0.29, 0.717) is 22.7 Å². The Balaban J connectivity index is 1.70. The lowest BCUT2D eigenvalue weighted by atomic mass is 9.95.